The summed E-state index contributed by atoms with van der Waals surface area (Å²) in [6.45, 7) is 2.70. The maximum Gasteiger partial charge on any atom is 0.407 e. The van der Waals surface area contributed by atoms with Crippen LogP contribution in [0.2, 0.25) is 0 Å². The molecule has 1 amide bonds. The van der Waals surface area contributed by atoms with Crippen molar-refractivity contribution in [3.8, 4) is 11.7 Å². The Labute approximate surface area is 205 Å². The van der Waals surface area contributed by atoms with Crippen LogP contribution < -0.4 is 14.5 Å². The van der Waals surface area contributed by atoms with Gasteiger partial charge in [-0.15, -0.1) is 0 Å². The molecule has 0 saturated carbocycles. The second kappa shape index (κ2) is 9.68. The molecule has 0 bridgehead atoms. The average Bonchev–Trinajstić information content (AvgIpc) is 3.54. The van der Waals surface area contributed by atoms with E-state index in [1.165, 1.54) is 16.6 Å². The molecule has 2 aliphatic heterocycles. The van der Waals surface area contributed by atoms with E-state index < -0.39 is 18.3 Å². The fourth-order valence-electron chi connectivity index (χ4n) is 4.51. The van der Waals surface area contributed by atoms with Gasteiger partial charge in [0.25, 0.3) is 6.43 Å². The molecular formula is C22H26F2N8O4. The number of hydrogen-bond acceptors (Lipinski definition) is 9. The number of carboxylic acid groups (broad SMARTS) is 1. The first-order valence-electron chi connectivity index (χ1n) is 11.5. The number of halogens is 2. The smallest absolute Gasteiger partial charge is 0.407 e. The highest BCUT2D eigenvalue weighted by molar-refractivity contribution is 5.84. The van der Waals surface area contributed by atoms with Crippen LogP contribution in [-0.2, 0) is 4.74 Å². The highest BCUT2D eigenvalue weighted by Crippen LogP contribution is 2.32. The van der Waals surface area contributed by atoms with Crippen LogP contribution in [0.4, 0.5) is 25.5 Å². The summed E-state index contributed by atoms with van der Waals surface area (Å²) in [5, 5.41) is 9.35. The van der Waals surface area contributed by atoms with Gasteiger partial charge in [0.15, 0.2) is 5.82 Å². The second-order valence-electron chi connectivity index (χ2n) is 8.55. The zero-order valence-corrected chi connectivity index (χ0v) is 19.8. The third-order valence-corrected chi connectivity index (χ3v) is 6.48. The minimum absolute atomic E-state index is 0.00696. The molecule has 3 aromatic rings. The van der Waals surface area contributed by atoms with Gasteiger partial charge >= 0.3 is 6.09 Å². The number of amides is 1. The van der Waals surface area contributed by atoms with E-state index >= 15 is 0 Å². The predicted octanol–water partition coefficient (Wildman–Crippen LogP) is 2.18. The number of alkyl halides is 2. The Hall–Kier alpha value is -3.81. The normalized spacial score (nSPS) is 18.3. The number of benzene rings is 1. The SMILES string of the molecule is COc1cccc2c1nc(C(F)F)n2-c1nc(N2CCOCC2)nc(N(C)[C@H]2CCN(C(=O)O)C2)n1. The average molecular weight is 504 g/mol. The van der Waals surface area contributed by atoms with Gasteiger partial charge in [-0.25, -0.2) is 18.6 Å². The van der Waals surface area contributed by atoms with E-state index in [0.29, 0.717) is 56.5 Å². The molecule has 14 heteroatoms. The van der Waals surface area contributed by atoms with Crippen LogP contribution in [0, 0.1) is 0 Å². The Morgan fingerprint density at radius 2 is 1.92 bits per heavy atom. The molecule has 1 N–H and O–H groups in total. The number of carbonyl (C=O) groups is 1. The number of para-hydroxylation sites is 1. The van der Waals surface area contributed by atoms with Crippen molar-refractivity contribution in [2.45, 2.75) is 18.9 Å². The second-order valence-corrected chi connectivity index (χ2v) is 8.55. The molecule has 1 aromatic carbocycles. The number of morpholine rings is 1. The molecule has 0 radical (unpaired) electrons. The summed E-state index contributed by atoms with van der Waals surface area (Å²) < 4.78 is 40.3. The van der Waals surface area contributed by atoms with Crippen molar-refractivity contribution < 1.29 is 28.2 Å². The number of fused-ring (bicyclic) bond motifs is 1. The fraction of sp³-hybridized carbons (Fsp3) is 0.500. The number of rotatable bonds is 6. The van der Waals surface area contributed by atoms with Gasteiger partial charge in [0.05, 0.1) is 31.9 Å². The molecule has 5 rings (SSSR count). The Bertz CT molecular complexity index is 1270. The first-order valence-corrected chi connectivity index (χ1v) is 11.5. The summed E-state index contributed by atoms with van der Waals surface area (Å²) >= 11 is 0. The largest absolute Gasteiger partial charge is 0.494 e. The number of nitrogens with zero attached hydrogens (tertiary/aromatic N) is 8. The minimum Gasteiger partial charge on any atom is -0.494 e. The van der Waals surface area contributed by atoms with E-state index in [9.17, 15) is 18.7 Å². The summed E-state index contributed by atoms with van der Waals surface area (Å²) in [5.41, 5.74) is 0.640. The van der Waals surface area contributed by atoms with Crippen LogP contribution >= 0.6 is 0 Å². The molecule has 2 saturated heterocycles. The molecule has 0 spiro atoms. The third kappa shape index (κ3) is 4.32. The zero-order chi connectivity index (χ0) is 25.4. The Balaban J connectivity index is 1.64. The topological polar surface area (TPSA) is 122 Å². The van der Waals surface area contributed by atoms with Crippen LogP contribution in [0.3, 0.4) is 0 Å². The van der Waals surface area contributed by atoms with Crippen molar-refractivity contribution in [2.24, 2.45) is 0 Å². The van der Waals surface area contributed by atoms with Crippen molar-refractivity contribution in [3.05, 3.63) is 24.0 Å². The van der Waals surface area contributed by atoms with E-state index in [1.54, 1.807) is 30.1 Å². The summed E-state index contributed by atoms with van der Waals surface area (Å²) in [6.07, 6.45) is -3.30. The van der Waals surface area contributed by atoms with E-state index in [0.717, 1.165) is 0 Å². The molecule has 2 aliphatic rings. The molecule has 12 nitrogen and oxygen atoms in total. The van der Waals surface area contributed by atoms with Gasteiger partial charge in [0.2, 0.25) is 17.8 Å². The van der Waals surface area contributed by atoms with Gasteiger partial charge in [-0.1, -0.05) is 6.07 Å². The Kier molecular flexibility index (Phi) is 6.43. The van der Waals surface area contributed by atoms with Gasteiger partial charge in [0.1, 0.15) is 11.3 Å². The van der Waals surface area contributed by atoms with Gasteiger partial charge < -0.3 is 29.3 Å². The van der Waals surface area contributed by atoms with Crippen LogP contribution in [0.25, 0.3) is 17.0 Å². The van der Waals surface area contributed by atoms with Crippen molar-refractivity contribution >= 4 is 29.0 Å². The number of ether oxygens (including phenoxy) is 2. The number of hydrogen-bond donors (Lipinski definition) is 1. The number of imidazole rings is 1. The third-order valence-electron chi connectivity index (χ3n) is 6.48. The molecule has 0 aliphatic carbocycles. The van der Waals surface area contributed by atoms with E-state index in [4.69, 9.17) is 9.47 Å². The van der Waals surface area contributed by atoms with Crippen molar-refractivity contribution in [1.82, 2.24) is 29.4 Å². The maximum atomic E-state index is 14.2. The summed E-state index contributed by atoms with van der Waals surface area (Å²) in [6, 6.07) is 4.81. The number of aromatic nitrogens is 5. The summed E-state index contributed by atoms with van der Waals surface area (Å²) in [7, 11) is 3.21. The standard InChI is InChI=1S/C22H26F2N8O4/c1-29(13-6-7-31(12-13)22(33)34)19-26-20(30-8-10-36-11-9-30)28-21(27-19)32-14-4-3-5-15(35-2)16(14)25-18(32)17(23)24/h3-5,13,17H,6-12H2,1-2H3,(H,33,34)/t13-/m0/s1. The minimum atomic E-state index is -2.90. The van der Waals surface area contributed by atoms with Gasteiger partial charge in [-0.3, -0.25) is 4.57 Å². The molecule has 36 heavy (non-hydrogen) atoms. The lowest BCUT2D eigenvalue weighted by molar-refractivity contribution is 0.122. The van der Waals surface area contributed by atoms with Gasteiger partial charge in [-0.2, -0.15) is 15.0 Å². The van der Waals surface area contributed by atoms with Gasteiger partial charge in [0, 0.05) is 33.2 Å². The number of methoxy groups -OCH3 is 1. The Morgan fingerprint density at radius 3 is 2.58 bits per heavy atom. The fourth-order valence-corrected chi connectivity index (χ4v) is 4.51. The van der Waals surface area contributed by atoms with E-state index in [1.807, 2.05) is 4.90 Å². The van der Waals surface area contributed by atoms with Crippen LogP contribution in [-0.4, -0.2) is 100 Å². The Morgan fingerprint density at radius 1 is 1.17 bits per heavy atom. The molecule has 2 fully saturated rings. The van der Waals surface area contributed by atoms with Crippen LogP contribution in [0.5, 0.6) is 5.75 Å². The van der Waals surface area contributed by atoms with Crippen molar-refractivity contribution in [2.75, 3.05) is 63.4 Å². The monoisotopic (exact) mass is 504 g/mol. The highest BCUT2D eigenvalue weighted by atomic mass is 19.3. The number of anilines is 2. The lowest BCUT2D eigenvalue weighted by Crippen LogP contribution is -2.39. The molecule has 2 aromatic heterocycles. The number of likely N-dealkylation sites (tertiary alicyclic amines) is 1. The molecule has 192 valence electrons. The van der Waals surface area contributed by atoms with Crippen LogP contribution in [0.15, 0.2) is 18.2 Å². The first-order chi connectivity index (χ1) is 17.4. The number of likely N-dealkylation sites (N-methyl/N-ethyl adjacent to an activating group) is 1. The summed E-state index contributed by atoms with van der Waals surface area (Å²) in [4.78, 5) is 34.3. The van der Waals surface area contributed by atoms with Crippen LogP contribution in [0.1, 0.15) is 18.7 Å². The molecular weight excluding hydrogens is 478 g/mol. The quantitative estimate of drug-likeness (QED) is 0.535. The highest BCUT2D eigenvalue weighted by Gasteiger charge is 2.32. The van der Waals surface area contributed by atoms with E-state index in [-0.39, 0.29) is 30.0 Å². The zero-order valence-electron chi connectivity index (χ0n) is 19.8. The molecule has 0 unspecified atom stereocenters. The summed E-state index contributed by atoms with van der Waals surface area (Å²) in [5.74, 6) is 0.409. The van der Waals surface area contributed by atoms with Crippen molar-refractivity contribution in [3.63, 3.8) is 0 Å². The van der Waals surface area contributed by atoms with Gasteiger partial charge in [-0.05, 0) is 18.6 Å². The lowest BCUT2D eigenvalue weighted by atomic mass is 10.2. The molecule has 1 atom stereocenters. The maximum absolute atomic E-state index is 14.2. The first kappa shape index (κ1) is 23.9. The van der Waals surface area contributed by atoms with Crippen molar-refractivity contribution in [1.29, 1.82) is 0 Å². The lowest BCUT2D eigenvalue weighted by Gasteiger charge is -2.29. The van der Waals surface area contributed by atoms with E-state index in [2.05, 4.69) is 19.9 Å². The molecule has 4 heterocycles. The predicted molar refractivity (Wildman–Crippen MR) is 125 cm³/mol.